The van der Waals surface area contributed by atoms with E-state index in [0.29, 0.717) is 33.4 Å². The average Bonchev–Trinajstić information content (AvgIpc) is 2.67. The smallest absolute Gasteiger partial charge is 0.298 e. The monoisotopic (exact) mass is 349 g/mol. The molecule has 7 heteroatoms. The van der Waals surface area contributed by atoms with Crippen LogP contribution in [0.15, 0.2) is 63.5 Å². The number of nitro benzene ring substituents is 1. The van der Waals surface area contributed by atoms with Gasteiger partial charge in [-0.3, -0.25) is 14.9 Å². The van der Waals surface area contributed by atoms with Crippen LogP contribution in [0, 0.1) is 10.1 Å². The van der Waals surface area contributed by atoms with E-state index in [4.69, 9.17) is 13.9 Å². The molecule has 5 rings (SSSR count). The first kappa shape index (κ1) is 14.7. The molecule has 0 amide bonds. The first-order valence-corrected chi connectivity index (χ1v) is 7.96. The number of hydrogen-bond acceptors (Lipinski definition) is 6. The summed E-state index contributed by atoms with van der Waals surface area (Å²) >= 11 is 0. The van der Waals surface area contributed by atoms with Crippen LogP contribution in [0.1, 0.15) is 17.0 Å². The Morgan fingerprint density at radius 2 is 2.00 bits per heavy atom. The van der Waals surface area contributed by atoms with Crippen molar-refractivity contribution in [3.8, 4) is 11.7 Å². The Bertz CT molecular complexity index is 1180. The SMILES string of the molecule is O=c1c2c(oc3ccccc13)OC=C1COc3ccc([N+](=O)[O-])cc3C12. The predicted octanol–water partition coefficient (Wildman–Crippen LogP) is 3.50. The Hall–Kier alpha value is -3.61. The first-order chi connectivity index (χ1) is 12.6. The molecule has 2 aliphatic heterocycles. The number of non-ortho nitro benzene ring substituents is 1. The number of fused-ring (bicyclic) bond motifs is 6. The molecule has 0 saturated carbocycles. The lowest BCUT2D eigenvalue weighted by Gasteiger charge is -2.31. The lowest BCUT2D eigenvalue weighted by Crippen LogP contribution is -2.27. The van der Waals surface area contributed by atoms with Crippen molar-refractivity contribution in [2.24, 2.45) is 0 Å². The molecule has 0 saturated heterocycles. The highest BCUT2D eigenvalue weighted by atomic mass is 16.6. The number of rotatable bonds is 1. The lowest BCUT2D eigenvalue weighted by atomic mass is 9.82. The molecule has 1 aromatic heterocycles. The van der Waals surface area contributed by atoms with Crippen molar-refractivity contribution in [3.05, 3.63) is 85.8 Å². The second kappa shape index (κ2) is 5.19. The predicted molar refractivity (Wildman–Crippen MR) is 91.6 cm³/mol. The van der Waals surface area contributed by atoms with E-state index in [-0.39, 0.29) is 23.7 Å². The summed E-state index contributed by atoms with van der Waals surface area (Å²) < 4.78 is 17.0. The molecule has 0 bridgehead atoms. The molecule has 1 atom stereocenters. The number of para-hydroxylation sites is 1. The normalized spacial score (nSPS) is 17.2. The molecular weight excluding hydrogens is 338 g/mol. The van der Waals surface area contributed by atoms with Gasteiger partial charge in [-0.15, -0.1) is 0 Å². The Morgan fingerprint density at radius 3 is 2.85 bits per heavy atom. The van der Waals surface area contributed by atoms with Crippen LogP contribution in [0.3, 0.4) is 0 Å². The second-order valence-corrected chi connectivity index (χ2v) is 6.14. The minimum Gasteiger partial charge on any atom is -0.489 e. The van der Waals surface area contributed by atoms with Gasteiger partial charge in [-0.2, -0.15) is 0 Å². The summed E-state index contributed by atoms with van der Waals surface area (Å²) in [6.07, 6.45) is 1.49. The van der Waals surface area contributed by atoms with Crippen LogP contribution in [0.25, 0.3) is 11.0 Å². The van der Waals surface area contributed by atoms with Crippen LogP contribution in [-0.2, 0) is 0 Å². The van der Waals surface area contributed by atoms with Crippen LogP contribution >= 0.6 is 0 Å². The van der Waals surface area contributed by atoms with Gasteiger partial charge in [-0.1, -0.05) is 12.1 Å². The number of ether oxygens (including phenoxy) is 2. The van der Waals surface area contributed by atoms with E-state index >= 15 is 0 Å². The number of hydrogen-bond donors (Lipinski definition) is 0. The quantitative estimate of drug-likeness (QED) is 0.493. The zero-order valence-corrected chi connectivity index (χ0v) is 13.3. The van der Waals surface area contributed by atoms with Crippen molar-refractivity contribution in [2.45, 2.75) is 5.92 Å². The second-order valence-electron chi connectivity index (χ2n) is 6.14. The van der Waals surface area contributed by atoms with E-state index in [1.54, 1.807) is 30.3 Å². The average molecular weight is 349 g/mol. The highest BCUT2D eigenvalue weighted by Crippen LogP contribution is 2.46. The van der Waals surface area contributed by atoms with E-state index in [2.05, 4.69) is 0 Å². The standard InChI is InChI=1S/C19H11NO6/c21-18-12-3-1-2-4-15(12)26-19-17(18)16-10(9-25-19)8-24-14-6-5-11(20(22)23)7-13(14)16/h1-7,9,16H,8H2. The van der Waals surface area contributed by atoms with Gasteiger partial charge in [0, 0.05) is 23.3 Å². The molecule has 2 aliphatic rings. The van der Waals surface area contributed by atoms with E-state index in [1.807, 2.05) is 0 Å². The lowest BCUT2D eigenvalue weighted by molar-refractivity contribution is -0.385. The van der Waals surface area contributed by atoms with Crippen LogP contribution in [0.2, 0.25) is 0 Å². The number of nitrogens with zero attached hydrogens (tertiary/aromatic N) is 1. The third kappa shape index (κ3) is 1.97. The van der Waals surface area contributed by atoms with Crippen molar-refractivity contribution in [1.29, 1.82) is 0 Å². The number of nitro groups is 1. The van der Waals surface area contributed by atoms with Gasteiger partial charge in [0.15, 0.2) is 0 Å². The van der Waals surface area contributed by atoms with Crippen molar-refractivity contribution < 1.29 is 18.8 Å². The fraction of sp³-hybridized carbons (Fsp3) is 0.105. The molecule has 128 valence electrons. The Labute approximate surface area is 146 Å². The van der Waals surface area contributed by atoms with E-state index in [9.17, 15) is 14.9 Å². The van der Waals surface area contributed by atoms with Crippen molar-refractivity contribution >= 4 is 16.7 Å². The molecule has 0 aliphatic carbocycles. The zero-order valence-electron chi connectivity index (χ0n) is 13.3. The maximum absolute atomic E-state index is 13.1. The third-order valence-electron chi connectivity index (χ3n) is 4.69. The summed E-state index contributed by atoms with van der Waals surface area (Å²) in [5, 5.41) is 11.6. The number of benzene rings is 2. The largest absolute Gasteiger partial charge is 0.489 e. The van der Waals surface area contributed by atoms with Crippen LogP contribution in [0.5, 0.6) is 11.7 Å². The summed E-state index contributed by atoms with van der Waals surface area (Å²) in [7, 11) is 0. The Morgan fingerprint density at radius 1 is 1.15 bits per heavy atom. The summed E-state index contributed by atoms with van der Waals surface area (Å²) in [4.78, 5) is 23.8. The molecule has 1 unspecified atom stereocenters. The highest BCUT2D eigenvalue weighted by molar-refractivity contribution is 5.78. The van der Waals surface area contributed by atoms with E-state index in [1.165, 1.54) is 18.4 Å². The molecule has 0 radical (unpaired) electrons. The molecule has 0 N–H and O–H groups in total. The van der Waals surface area contributed by atoms with Gasteiger partial charge in [0.25, 0.3) is 11.6 Å². The molecule has 2 aromatic carbocycles. The molecule has 0 spiro atoms. The van der Waals surface area contributed by atoms with Gasteiger partial charge in [-0.25, -0.2) is 0 Å². The van der Waals surface area contributed by atoms with Crippen LogP contribution in [0.4, 0.5) is 5.69 Å². The topological polar surface area (TPSA) is 91.8 Å². The molecule has 3 heterocycles. The third-order valence-corrected chi connectivity index (χ3v) is 4.69. The van der Waals surface area contributed by atoms with Gasteiger partial charge >= 0.3 is 0 Å². The minimum atomic E-state index is -0.497. The maximum Gasteiger partial charge on any atom is 0.298 e. The van der Waals surface area contributed by atoms with Gasteiger partial charge in [0.05, 0.1) is 28.1 Å². The van der Waals surface area contributed by atoms with E-state index in [0.717, 1.165) is 0 Å². The molecule has 0 fully saturated rings. The maximum atomic E-state index is 13.1. The fourth-order valence-corrected chi connectivity index (χ4v) is 3.50. The summed E-state index contributed by atoms with van der Waals surface area (Å²) in [6, 6.07) is 11.3. The molecular formula is C19H11NO6. The molecule has 3 aromatic rings. The van der Waals surface area contributed by atoms with Gasteiger partial charge in [0.1, 0.15) is 17.9 Å². The first-order valence-electron chi connectivity index (χ1n) is 7.96. The van der Waals surface area contributed by atoms with Crippen molar-refractivity contribution in [3.63, 3.8) is 0 Å². The molecule has 26 heavy (non-hydrogen) atoms. The van der Waals surface area contributed by atoms with Crippen LogP contribution in [-0.4, -0.2) is 11.5 Å². The summed E-state index contributed by atoms with van der Waals surface area (Å²) in [5.74, 6) is 0.128. The fourth-order valence-electron chi connectivity index (χ4n) is 3.50. The van der Waals surface area contributed by atoms with E-state index < -0.39 is 10.8 Å². The van der Waals surface area contributed by atoms with Crippen molar-refractivity contribution in [2.75, 3.05) is 6.61 Å². The Balaban J connectivity index is 1.81. The highest BCUT2D eigenvalue weighted by Gasteiger charge is 2.37. The van der Waals surface area contributed by atoms with Crippen molar-refractivity contribution in [1.82, 2.24) is 0 Å². The van der Waals surface area contributed by atoms with Crippen LogP contribution < -0.4 is 14.9 Å². The van der Waals surface area contributed by atoms with Gasteiger partial charge < -0.3 is 13.9 Å². The van der Waals surface area contributed by atoms with Gasteiger partial charge in [0.2, 0.25) is 5.43 Å². The Kier molecular flexibility index (Phi) is 2.94. The molecule has 7 nitrogen and oxygen atoms in total. The summed E-state index contributed by atoms with van der Waals surface area (Å²) in [6.45, 7) is 0.237. The zero-order chi connectivity index (χ0) is 17.8. The van der Waals surface area contributed by atoms with Gasteiger partial charge in [-0.05, 0) is 18.2 Å². The minimum absolute atomic E-state index is 0.0631. The summed E-state index contributed by atoms with van der Waals surface area (Å²) in [5.41, 5.74) is 1.77.